The number of carbonyl (C=O) groups excluding carboxylic acids is 1. The third-order valence-corrected chi connectivity index (χ3v) is 7.09. The molecule has 162 valence electrons. The third-order valence-electron chi connectivity index (χ3n) is 5.82. The first-order valence-electron chi connectivity index (χ1n) is 10.1. The summed E-state index contributed by atoms with van der Waals surface area (Å²) in [6.07, 6.45) is 1.74. The molecule has 0 spiro atoms. The summed E-state index contributed by atoms with van der Waals surface area (Å²) in [4.78, 5) is 43.6. The Kier molecular flexibility index (Phi) is 4.98. The molecule has 0 aliphatic heterocycles. The number of fused-ring (bicyclic) bond motifs is 4. The maximum Gasteiger partial charge on any atom is 0.330 e. The summed E-state index contributed by atoms with van der Waals surface area (Å²) >= 11 is 7.59. The number of nitrogens with one attached hydrogen (secondary N) is 1. The largest absolute Gasteiger partial charge is 0.330 e. The molecule has 0 saturated carbocycles. The predicted molar refractivity (Wildman–Crippen MR) is 127 cm³/mol. The van der Waals surface area contributed by atoms with Crippen molar-refractivity contribution in [2.24, 2.45) is 14.1 Å². The van der Waals surface area contributed by atoms with Crippen LogP contribution in [-0.2, 0) is 38.2 Å². The lowest BCUT2D eigenvalue weighted by atomic mass is 9.94. The topological polar surface area (TPSA) is 86.0 Å². The van der Waals surface area contributed by atoms with Gasteiger partial charge in [-0.3, -0.25) is 18.7 Å². The first kappa shape index (κ1) is 20.7. The van der Waals surface area contributed by atoms with Gasteiger partial charge in [-0.25, -0.2) is 9.78 Å². The number of amides is 1. The molecular weight excluding hydrogens is 448 g/mol. The van der Waals surface area contributed by atoms with Crippen molar-refractivity contribution in [3.05, 3.63) is 78.3 Å². The highest BCUT2D eigenvalue weighted by atomic mass is 35.5. The Bertz CT molecular complexity index is 1530. The molecule has 2 aromatic heterocycles. The van der Waals surface area contributed by atoms with E-state index in [0.29, 0.717) is 26.6 Å². The van der Waals surface area contributed by atoms with Crippen molar-refractivity contribution < 1.29 is 4.79 Å². The minimum atomic E-state index is -0.411. The number of aryl methyl sites for hydroxylation is 3. The van der Waals surface area contributed by atoms with E-state index in [9.17, 15) is 14.4 Å². The van der Waals surface area contributed by atoms with Crippen LogP contribution in [0, 0.1) is 0 Å². The van der Waals surface area contributed by atoms with E-state index in [4.69, 9.17) is 11.6 Å². The lowest BCUT2D eigenvalue weighted by molar-refractivity contribution is -0.115. The van der Waals surface area contributed by atoms with Crippen LogP contribution in [0.1, 0.15) is 16.0 Å². The summed E-state index contributed by atoms with van der Waals surface area (Å²) in [6, 6.07) is 11.0. The van der Waals surface area contributed by atoms with E-state index in [1.54, 1.807) is 25.2 Å². The lowest BCUT2D eigenvalue weighted by Gasteiger charge is -2.14. The minimum Gasteiger partial charge on any atom is -0.302 e. The van der Waals surface area contributed by atoms with Crippen molar-refractivity contribution in [1.82, 2.24) is 14.1 Å². The zero-order chi connectivity index (χ0) is 22.6. The van der Waals surface area contributed by atoms with Gasteiger partial charge in [0.25, 0.3) is 5.56 Å². The Morgan fingerprint density at radius 2 is 1.97 bits per heavy atom. The molecule has 9 heteroatoms. The molecule has 1 amide bonds. The average molecular weight is 467 g/mol. The highest BCUT2D eigenvalue weighted by molar-refractivity contribution is 7.16. The number of hydrogen-bond donors (Lipinski definition) is 1. The van der Waals surface area contributed by atoms with E-state index >= 15 is 0 Å². The van der Waals surface area contributed by atoms with E-state index in [2.05, 4.69) is 10.3 Å². The number of nitrogens with zero attached hydrogens (tertiary/aromatic N) is 3. The van der Waals surface area contributed by atoms with Crippen LogP contribution in [-0.4, -0.2) is 20.0 Å². The van der Waals surface area contributed by atoms with Crippen LogP contribution in [0.25, 0.3) is 22.2 Å². The number of aromatic nitrogens is 3. The number of anilines is 1. The molecule has 1 N–H and O–H groups in total. The van der Waals surface area contributed by atoms with Crippen LogP contribution in [0.5, 0.6) is 0 Å². The summed E-state index contributed by atoms with van der Waals surface area (Å²) in [7, 11) is 3.05. The zero-order valence-corrected chi connectivity index (χ0v) is 19.0. The molecule has 0 unspecified atom stereocenters. The smallest absolute Gasteiger partial charge is 0.302 e. The van der Waals surface area contributed by atoms with Crippen LogP contribution >= 0.6 is 22.9 Å². The molecule has 1 aliphatic carbocycles. The second-order valence-electron chi connectivity index (χ2n) is 7.83. The maximum absolute atomic E-state index is 12.8. The predicted octanol–water partition coefficient (Wildman–Crippen LogP) is 3.29. The SMILES string of the molecule is Cn1c(=O)c2c(CC(=O)Nc3nc4c(s3)CCc3cc(Cl)ccc3-4)cccc2n(C)c1=O. The van der Waals surface area contributed by atoms with Gasteiger partial charge in [0.05, 0.1) is 23.0 Å². The number of rotatable bonds is 3. The number of carbonyl (C=O) groups is 1. The van der Waals surface area contributed by atoms with Gasteiger partial charge in [-0.15, -0.1) is 11.3 Å². The third kappa shape index (κ3) is 3.36. The monoisotopic (exact) mass is 466 g/mol. The fourth-order valence-electron chi connectivity index (χ4n) is 4.21. The van der Waals surface area contributed by atoms with Gasteiger partial charge in [0.2, 0.25) is 5.91 Å². The first-order valence-corrected chi connectivity index (χ1v) is 11.3. The normalized spacial score (nSPS) is 12.5. The maximum atomic E-state index is 12.8. The van der Waals surface area contributed by atoms with Crippen LogP contribution in [0.4, 0.5) is 5.13 Å². The fourth-order valence-corrected chi connectivity index (χ4v) is 5.40. The highest BCUT2D eigenvalue weighted by Gasteiger charge is 2.22. The number of hydrogen-bond acceptors (Lipinski definition) is 5. The van der Waals surface area contributed by atoms with E-state index in [0.717, 1.165) is 39.1 Å². The van der Waals surface area contributed by atoms with Crippen molar-refractivity contribution in [3.8, 4) is 11.3 Å². The molecule has 0 bridgehead atoms. The van der Waals surface area contributed by atoms with Gasteiger partial charge in [0.15, 0.2) is 5.13 Å². The van der Waals surface area contributed by atoms with Crippen molar-refractivity contribution in [2.75, 3.05) is 5.32 Å². The average Bonchev–Trinajstić information content (AvgIpc) is 3.18. The van der Waals surface area contributed by atoms with Crippen molar-refractivity contribution in [2.45, 2.75) is 19.3 Å². The Morgan fingerprint density at radius 1 is 1.16 bits per heavy atom. The quantitative estimate of drug-likeness (QED) is 0.502. The summed E-state index contributed by atoms with van der Waals surface area (Å²) < 4.78 is 2.47. The van der Waals surface area contributed by atoms with Gasteiger partial charge in [-0.1, -0.05) is 29.8 Å². The second kappa shape index (κ2) is 7.72. The zero-order valence-electron chi connectivity index (χ0n) is 17.4. The minimum absolute atomic E-state index is 0.00122. The summed E-state index contributed by atoms with van der Waals surface area (Å²) in [5, 5.41) is 4.49. The van der Waals surface area contributed by atoms with Crippen LogP contribution in [0.3, 0.4) is 0 Å². The second-order valence-corrected chi connectivity index (χ2v) is 9.35. The molecule has 4 aromatic rings. The molecule has 32 heavy (non-hydrogen) atoms. The van der Waals surface area contributed by atoms with Crippen LogP contribution in [0.15, 0.2) is 46.0 Å². The summed E-state index contributed by atoms with van der Waals surface area (Å²) in [6.45, 7) is 0. The molecule has 0 atom stereocenters. The molecule has 0 radical (unpaired) electrons. The fraction of sp³-hybridized carbons (Fsp3) is 0.217. The first-order chi connectivity index (χ1) is 15.3. The van der Waals surface area contributed by atoms with E-state index in [1.807, 2.05) is 18.2 Å². The van der Waals surface area contributed by atoms with Crippen molar-refractivity contribution in [3.63, 3.8) is 0 Å². The van der Waals surface area contributed by atoms with Crippen molar-refractivity contribution >= 4 is 44.9 Å². The lowest BCUT2D eigenvalue weighted by Crippen LogP contribution is -2.37. The summed E-state index contributed by atoms with van der Waals surface area (Å²) in [5.41, 5.74) is 3.35. The Labute approximate surface area is 191 Å². The molecule has 5 rings (SSSR count). The Balaban J connectivity index is 1.45. The standard InChI is InChI=1S/C23H19ClN4O3S/c1-27-16-5-3-4-13(19(16)21(30)28(2)23(27)31)11-18(29)25-22-26-20-15-8-7-14(24)10-12(15)6-9-17(20)32-22/h3-5,7-8,10H,6,9,11H2,1-2H3,(H,25,26,29). The molecule has 2 heterocycles. The highest BCUT2D eigenvalue weighted by Crippen LogP contribution is 2.39. The van der Waals surface area contributed by atoms with E-state index in [-0.39, 0.29) is 12.3 Å². The number of thiazole rings is 1. The molecular formula is C23H19ClN4O3S. The van der Waals surface area contributed by atoms with Gasteiger partial charge in [-0.2, -0.15) is 0 Å². The van der Waals surface area contributed by atoms with Gasteiger partial charge in [0, 0.05) is 29.6 Å². The summed E-state index contributed by atoms with van der Waals surface area (Å²) in [5.74, 6) is -0.268. The van der Waals surface area contributed by atoms with E-state index in [1.165, 1.54) is 23.0 Å². The van der Waals surface area contributed by atoms with E-state index < -0.39 is 11.2 Å². The van der Waals surface area contributed by atoms with Gasteiger partial charge < -0.3 is 5.32 Å². The molecule has 0 saturated heterocycles. The van der Waals surface area contributed by atoms with Gasteiger partial charge >= 0.3 is 5.69 Å². The molecule has 2 aromatic carbocycles. The molecule has 1 aliphatic rings. The molecule has 0 fully saturated rings. The van der Waals surface area contributed by atoms with Crippen LogP contribution < -0.4 is 16.6 Å². The van der Waals surface area contributed by atoms with Gasteiger partial charge in [0.1, 0.15) is 0 Å². The van der Waals surface area contributed by atoms with Crippen LogP contribution in [0.2, 0.25) is 5.02 Å². The molecule has 7 nitrogen and oxygen atoms in total. The number of benzene rings is 2. The van der Waals surface area contributed by atoms with Gasteiger partial charge in [-0.05, 0) is 42.2 Å². The Hall–Kier alpha value is -3.23. The number of halogens is 1. The van der Waals surface area contributed by atoms with Crippen molar-refractivity contribution in [1.29, 1.82) is 0 Å². The Morgan fingerprint density at radius 3 is 2.78 bits per heavy atom.